The highest BCUT2D eigenvalue weighted by atomic mass is 16.6. The van der Waals surface area contributed by atoms with Crippen molar-refractivity contribution in [3.05, 3.63) is 30.1 Å². The van der Waals surface area contributed by atoms with Crippen LogP contribution in [-0.2, 0) is 11.2 Å². The van der Waals surface area contributed by atoms with E-state index in [9.17, 15) is 4.79 Å². The number of amides is 1. The average molecular weight is 275 g/mol. The molecule has 0 aliphatic heterocycles. The molecular formula is C15H21N3O2. The summed E-state index contributed by atoms with van der Waals surface area (Å²) in [5.74, 6) is 0. The molecule has 0 aliphatic carbocycles. The Morgan fingerprint density at radius 3 is 2.95 bits per heavy atom. The number of hydrogen-bond donors (Lipinski definition) is 2. The number of hydrogen-bond acceptors (Lipinski definition) is 3. The molecule has 0 fully saturated rings. The van der Waals surface area contributed by atoms with Gasteiger partial charge in [0, 0.05) is 24.4 Å². The van der Waals surface area contributed by atoms with Crippen molar-refractivity contribution in [2.45, 2.75) is 45.8 Å². The van der Waals surface area contributed by atoms with Crippen LogP contribution in [0.15, 0.2) is 24.5 Å². The number of fused-ring (bicyclic) bond motifs is 1. The molecule has 2 aromatic heterocycles. The van der Waals surface area contributed by atoms with Crippen LogP contribution in [0, 0.1) is 0 Å². The first-order chi connectivity index (χ1) is 9.35. The molecule has 1 amide bonds. The second-order valence-corrected chi connectivity index (χ2v) is 6.01. The van der Waals surface area contributed by atoms with Crippen LogP contribution in [-0.4, -0.2) is 27.7 Å². The summed E-state index contributed by atoms with van der Waals surface area (Å²) in [4.78, 5) is 19.2. The van der Waals surface area contributed by atoms with E-state index in [4.69, 9.17) is 4.74 Å². The topological polar surface area (TPSA) is 67.0 Å². The minimum atomic E-state index is -0.391. The number of pyridine rings is 1. The second-order valence-electron chi connectivity index (χ2n) is 6.01. The van der Waals surface area contributed by atoms with Crippen LogP contribution in [0.2, 0.25) is 0 Å². The molecule has 20 heavy (non-hydrogen) atoms. The molecular weight excluding hydrogens is 254 g/mol. The van der Waals surface area contributed by atoms with Crippen molar-refractivity contribution < 1.29 is 9.53 Å². The van der Waals surface area contributed by atoms with Crippen molar-refractivity contribution >= 4 is 17.1 Å². The smallest absolute Gasteiger partial charge is 0.407 e. The summed E-state index contributed by atoms with van der Waals surface area (Å²) in [6.45, 7) is 7.64. The van der Waals surface area contributed by atoms with Crippen LogP contribution < -0.4 is 5.32 Å². The Kier molecular flexibility index (Phi) is 3.97. The fourth-order valence-electron chi connectivity index (χ4n) is 2.04. The highest BCUT2D eigenvalue weighted by molar-refractivity contribution is 5.78. The molecule has 1 unspecified atom stereocenters. The van der Waals surface area contributed by atoms with E-state index in [1.54, 1.807) is 6.20 Å². The summed E-state index contributed by atoms with van der Waals surface area (Å²) in [7, 11) is 0. The van der Waals surface area contributed by atoms with Gasteiger partial charge in [-0.2, -0.15) is 0 Å². The highest BCUT2D eigenvalue weighted by Gasteiger charge is 2.18. The number of ether oxygens (including phenoxy) is 1. The van der Waals surface area contributed by atoms with Crippen LogP contribution in [0.4, 0.5) is 4.79 Å². The molecule has 2 heterocycles. The first-order valence-corrected chi connectivity index (χ1v) is 6.75. The lowest BCUT2D eigenvalue weighted by Crippen LogP contribution is -2.42. The number of carbonyl (C=O) groups is 1. The highest BCUT2D eigenvalue weighted by Crippen LogP contribution is 2.17. The van der Waals surface area contributed by atoms with Gasteiger partial charge in [0.05, 0.1) is 11.0 Å². The molecule has 2 aromatic rings. The predicted molar refractivity (Wildman–Crippen MR) is 78.6 cm³/mol. The van der Waals surface area contributed by atoms with Gasteiger partial charge >= 0.3 is 6.09 Å². The van der Waals surface area contributed by atoms with Crippen molar-refractivity contribution in [2.24, 2.45) is 0 Å². The van der Waals surface area contributed by atoms with Gasteiger partial charge < -0.3 is 15.0 Å². The zero-order valence-electron chi connectivity index (χ0n) is 12.4. The number of nitrogens with one attached hydrogen (secondary N) is 2. The molecule has 0 saturated carbocycles. The van der Waals surface area contributed by atoms with E-state index in [1.807, 2.05) is 46.0 Å². The first kappa shape index (κ1) is 14.4. The third kappa shape index (κ3) is 3.73. The Balaban J connectivity index is 1.98. The Hall–Kier alpha value is -2.04. The Morgan fingerprint density at radius 1 is 1.50 bits per heavy atom. The quantitative estimate of drug-likeness (QED) is 0.904. The zero-order chi connectivity index (χ0) is 14.8. The van der Waals surface area contributed by atoms with Crippen molar-refractivity contribution in [1.82, 2.24) is 15.3 Å². The predicted octanol–water partition coefficient (Wildman–Crippen LogP) is 3.02. The monoisotopic (exact) mass is 275 g/mol. The summed E-state index contributed by atoms with van der Waals surface area (Å²) in [5, 5.41) is 2.78. The number of aromatic nitrogens is 2. The van der Waals surface area contributed by atoms with Gasteiger partial charge in [-0.25, -0.2) is 4.79 Å². The molecule has 0 aromatic carbocycles. The standard InChI is InChI=1S/C15H21N3O2/c1-10(20-14(19)18-15(2,3)4)8-11-9-17-12-6-5-7-16-13(11)12/h5-7,9-10,17H,8H2,1-4H3,(H,18,19). The summed E-state index contributed by atoms with van der Waals surface area (Å²) in [6, 6.07) is 3.86. The molecule has 5 nitrogen and oxygen atoms in total. The Labute approximate surface area is 118 Å². The molecule has 1 atom stereocenters. The van der Waals surface area contributed by atoms with E-state index in [0.29, 0.717) is 6.42 Å². The number of nitrogens with zero attached hydrogens (tertiary/aromatic N) is 1. The van der Waals surface area contributed by atoms with Crippen molar-refractivity contribution in [3.63, 3.8) is 0 Å². The van der Waals surface area contributed by atoms with E-state index < -0.39 is 6.09 Å². The van der Waals surface area contributed by atoms with Crippen molar-refractivity contribution in [2.75, 3.05) is 0 Å². The lowest BCUT2D eigenvalue weighted by molar-refractivity contribution is 0.100. The largest absolute Gasteiger partial charge is 0.446 e. The maximum absolute atomic E-state index is 11.7. The Bertz CT molecular complexity index is 598. The number of alkyl carbamates (subject to hydrolysis) is 1. The summed E-state index contributed by atoms with van der Waals surface area (Å²) < 4.78 is 5.36. The summed E-state index contributed by atoms with van der Waals surface area (Å²) in [5.41, 5.74) is 2.68. The molecule has 0 radical (unpaired) electrons. The van der Waals surface area contributed by atoms with Crippen LogP contribution in [0.25, 0.3) is 11.0 Å². The average Bonchev–Trinajstić information content (AvgIpc) is 2.70. The molecule has 0 aliphatic rings. The lowest BCUT2D eigenvalue weighted by Gasteiger charge is -2.22. The van der Waals surface area contributed by atoms with Gasteiger partial charge in [0.2, 0.25) is 0 Å². The maximum Gasteiger partial charge on any atom is 0.407 e. The van der Waals surface area contributed by atoms with Crippen molar-refractivity contribution in [1.29, 1.82) is 0 Å². The van der Waals surface area contributed by atoms with E-state index in [-0.39, 0.29) is 11.6 Å². The maximum atomic E-state index is 11.7. The van der Waals surface area contributed by atoms with Gasteiger partial charge in [0.25, 0.3) is 0 Å². The Morgan fingerprint density at radius 2 is 2.25 bits per heavy atom. The molecule has 5 heteroatoms. The van der Waals surface area contributed by atoms with Gasteiger partial charge in [0.15, 0.2) is 0 Å². The number of rotatable bonds is 3. The molecule has 0 spiro atoms. The van der Waals surface area contributed by atoms with E-state index in [2.05, 4.69) is 15.3 Å². The van der Waals surface area contributed by atoms with E-state index >= 15 is 0 Å². The minimum Gasteiger partial charge on any atom is -0.446 e. The van der Waals surface area contributed by atoms with Crippen LogP contribution >= 0.6 is 0 Å². The number of carbonyl (C=O) groups excluding carboxylic acids is 1. The van der Waals surface area contributed by atoms with Gasteiger partial charge in [-0.1, -0.05) is 0 Å². The third-order valence-electron chi connectivity index (χ3n) is 2.81. The van der Waals surface area contributed by atoms with Gasteiger partial charge in [0.1, 0.15) is 6.10 Å². The second kappa shape index (κ2) is 5.53. The van der Waals surface area contributed by atoms with Crippen LogP contribution in [0.3, 0.4) is 0 Å². The zero-order valence-corrected chi connectivity index (χ0v) is 12.4. The first-order valence-electron chi connectivity index (χ1n) is 6.75. The minimum absolute atomic E-state index is 0.210. The molecule has 108 valence electrons. The van der Waals surface area contributed by atoms with Crippen LogP contribution in [0.1, 0.15) is 33.3 Å². The van der Waals surface area contributed by atoms with Gasteiger partial charge in [-0.15, -0.1) is 0 Å². The van der Waals surface area contributed by atoms with Crippen molar-refractivity contribution in [3.8, 4) is 0 Å². The summed E-state index contributed by atoms with van der Waals surface area (Å²) >= 11 is 0. The van der Waals surface area contributed by atoms with Crippen LogP contribution in [0.5, 0.6) is 0 Å². The van der Waals surface area contributed by atoms with Gasteiger partial charge in [-0.05, 0) is 45.4 Å². The molecule has 0 saturated heterocycles. The molecule has 2 rings (SSSR count). The molecule has 2 N–H and O–H groups in total. The number of aromatic amines is 1. The van der Waals surface area contributed by atoms with E-state index in [1.165, 1.54) is 0 Å². The molecule has 0 bridgehead atoms. The third-order valence-corrected chi connectivity index (χ3v) is 2.81. The fraction of sp³-hybridized carbons (Fsp3) is 0.467. The SMILES string of the molecule is CC(Cc1c[nH]c2cccnc12)OC(=O)NC(C)(C)C. The fourth-order valence-corrected chi connectivity index (χ4v) is 2.04. The summed E-state index contributed by atoms with van der Waals surface area (Å²) in [6.07, 6.45) is 3.71. The normalized spacial score (nSPS) is 13.2. The van der Waals surface area contributed by atoms with Gasteiger partial charge in [-0.3, -0.25) is 4.98 Å². The van der Waals surface area contributed by atoms with E-state index in [0.717, 1.165) is 16.6 Å². The number of H-pyrrole nitrogens is 1. The lowest BCUT2D eigenvalue weighted by atomic mass is 10.1.